The maximum atomic E-state index is 13.4. The van der Waals surface area contributed by atoms with E-state index in [0.29, 0.717) is 11.1 Å². The Bertz CT molecular complexity index is 659. The van der Waals surface area contributed by atoms with E-state index in [1.165, 1.54) is 6.07 Å². The van der Waals surface area contributed by atoms with Gasteiger partial charge in [0, 0.05) is 12.1 Å². The summed E-state index contributed by atoms with van der Waals surface area (Å²) in [6.07, 6.45) is 0. The molecule has 3 nitrogen and oxygen atoms in total. The van der Waals surface area contributed by atoms with Crippen LogP contribution in [0.5, 0.6) is 0 Å². The molecule has 0 atom stereocenters. The summed E-state index contributed by atoms with van der Waals surface area (Å²) in [5.41, 5.74) is 5.95. The summed E-state index contributed by atoms with van der Waals surface area (Å²) in [4.78, 5) is 11.0. The first-order valence-corrected chi connectivity index (χ1v) is 5.75. The number of primary amides is 1. The summed E-state index contributed by atoms with van der Waals surface area (Å²) in [7, 11) is 0. The molecular weight excluding hydrogens is 269 g/mol. The summed E-state index contributed by atoms with van der Waals surface area (Å²) < 4.78 is 39.2. The molecule has 0 spiro atoms. The Morgan fingerprint density at radius 2 is 1.85 bits per heavy atom. The van der Waals surface area contributed by atoms with E-state index in [4.69, 9.17) is 5.73 Å². The molecule has 0 radical (unpaired) electrons. The van der Waals surface area contributed by atoms with Crippen LogP contribution in [-0.4, -0.2) is 5.91 Å². The molecule has 0 bridgehead atoms. The molecule has 0 saturated carbocycles. The molecule has 20 heavy (non-hydrogen) atoms. The summed E-state index contributed by atoms with van der Waals surface area (Å²) in [5, 5.41) is 2.63. The van der Waals surface area contributed by atoms with Gasteiger partial charge in [0.05, 0.1) is 5.69 Å². The molecule has 0 aliphatic carbocycles. The van der Waals surface area contributed by atoms with Crippen LogP contribution in [0.25, 0.3) is 0 Å². The van der Waals surface area contributed by atoms with E-state index in [0.717, 1.165) is 12.1 Å². The zero-order valence-corrected chi connectivity index (χ0v) is 10.3. The van der Waals surface area contributed by atoms with Crippen LogP contribution >= 0.6 is 0 Å². The van der Waals surface area contributed by atoms with Crippen molar-refractivity contribution in [3.8, 4) is 0 Å². The third-order valence-electron chi connectivity index (χ3n) is 2.73. The molecule has 0 heterocycles. The van der Waals surface area contributed by atoms with Gasteiger partial charge in [0.25, 0.3) is 0 Å². The van der Waals surface area contributed by atoms with Gasteiger partial charge in [-0.05, 0) is 29.8 Å². The summed E-state index contributed by atoms with van der Waals surface area (Å²) >= 11 is 0. The third-order valence-corrected chi connectivity index (χ3v) is 2.73. The van der Waals surface area contributed by atoms with Crippen molar-refractivity contribution in [2.75, 3.05) is 5.32 Å². The number of hydrogen-bond acceptors (Lipinski definition) is 2. The van der Waals surface area contributed by atoms with E-state index in [1.54, 1.807) is 18.2 Å². The van der Waals surface area contributed by atoms with Crippen molar-refractivity contribution in [2.45, 2.75) is 6.54 Å². The molecule has 1 amide bonds. The van der Waals surface area contributed by atoms with Gasteiger partial charge in [0.2, 0.25) is 5.91 Å². The largest absolute Gasteiger partial charge is 0.379 e. The van der Waals surface area contributed by atoms with Crippen LogP contribution in [0.15, 0.2) is 36.4 Å². The number of benzene rings is 2. The predicted molar refractivity (Wildman–Crippen MR) is 68.6 cm³/mol. The molecular formula is C14H11F3N2O. The van der Waals surface area contributed by atoms with Crippen LogP contribution in [0.1, 0.15) is 15.9 Å². The van der Waals surface area contributed by atoms with Crippen LogP contribution in [-0.2, 0) is 6.54 Å². The maximum absolute atomic E-state index is 13.4. The molecule has 0 aromatic heterocycles. The predicted octanol–water partition coefficient (Wildman–Crippen LogP) is 2.81. The van der Waals surface area contributed by atoms with Crippen molar-refractivity contribution in [2.24, 2.45) is 5.73 Å². The van der Waals surface area contributed by atoms with Crippen molar-refractivity contribution >= 4 is 11.6 Å². The average Bonchev–Trinajstić information content (AvgIpc) is 2.44. The first kappa shape index (κ1) is 13.9. The lowest BCUT2D eigenvalue weighted by Crippen LogP contribution is -2.11. The van der Waals surface area contributed by atoms with E-state index in [1.807, 2.05) is 0 Å². The topological polar surface area (TPSA) is 55.1 Å². The number of amides is 1. The fraction of sp³-hybridized carbons (Fsp3) is 0.0714. The zero-order chi connectivity index (χ0) is 14.7. The van der Waals surface area contributed by atoms with Crippen molar-refractivity contribution in [3.63, 3.8) is 0 Å². The molecule has 2 rings (SSSR count). The van der Waals surface area contributed by atoms with Crippen LogP contribution < -0.4 is 11.1 Å². The quantitative estimate of drug-likeness (QED) is 0.846. The van der Waals surface area contributed by atoms with Crippen LogP contribution in [0, 0.1) is 17.5 Å². The summed E-state index contributed by atoms with van der Waals surface area (Å²) in [6.45, 7) is 0.142. The fourth-order valence-corrected chi connectivity index (χ4v) is 1.69. The maximum Gasteiger partial charge on any atom is 0.248 e. The second-order valence-electron chi connectivity index (χ2n) is 4.14. The highest BCUT2D eigenvalue weighted by atomic mass is 19.2. The molecule has 0 aliphatic rings. The zero-order valence-electron chi connectivity index (χ0n) is 10.3. The van der Waals surface area contributed by atoms with Crippen molar-refractivity contribution in [3.05, 3.63) is 65.0 Å². The van der Waals surface area contributed by atoms with Crippen LogP contribution in [0.4, 0.5) is 18.9 Å². The minimum absolute atomic E-state index is 0.142. The number of nitrogens with two attached hydrogens (primary N) is 1. The van der Waals surface area contributed by atoms with Gasteiger partial charge in [-0.1, -0.05) is 12.1 Å². The Hall–Kier alpha value is -2.50. The van der Waals surface area contributed by atoms with Gasteiger partial charge < -0.3 is 11.1 Å². The van der Waals surface area contributed by atoms with Gasteiger partial charge in [-0.2, -0.15) is 0 Å². The average molecular weight is 280 g/mol. The number of anilines is 1. The molecule has 3 N–H and O–H groups in total. The Labute approximate surface area is 113 Å². The molecule has 0 unspecified atom stereocenters. The van der Waals surface area contributed by atoms with Gasteiger partial charge in [0.15, 0.2) is 17.5 Å². The molecule has 0 fully saturated rings. The van der Waals surface area contributed by atoms with Crippen molar-refractivity contribution < 1.29 is 18.0 Å². The van der Waals surface area contributed by atoms with E-state index in [-0.39, 0.29) is 12.2 Å². The van der Waals surface area contributed by atoms with E-state index < -0.39 is 23.4 Å². The molecule has 0 aliphatic heterocycles. The minimum atomic E-state index is -1.53. The normalized spacial score (nSPS) is 10.3. The van der Waals surface area contributed by atoms with Crippen LogP contribution in [0.2, 0.25) is 0 Å². The van der Waals surface area contributed by atoms with Gasteiger partial charge in [-0.3, -0.25) is 4.79 Å². The number of nitrogens with one attached hydrogen (secondary N) is 1. The summed E-state index contributed by atoms with van der Waals surface area (Å²) in [5.74, 6) is -4.63. The van der Waals surface area contributed by atoms with Crippen molar-refractivity contribution in [1.82, 2.24) is 0 Å². The Balaban J connectivity index is 2.15. The standard InChI is InChI=1S/C14H11F3N2O/c15-10-4-5-11(13(17)12(10)16)19-7-8-2-1-3-9(6-8)14(18)20/h1-6,19H,7H2,(H2,18,20). The lowest BCUT2D eigenvalue weighted by Gasteiger charge is -2.09. The van der Waals surface area contributed by atoms with Crippen molar-refractivity contribution in [1.29, 1.82) is 0 Å². The van der Waals surface area contributed by atoms with Gasteiger partial charge in [-0.15, -0.1) is 0 Å². The Morgan fingerprint density at radius 1 is 1.10 bits per heavy atom. The molecule has 6 heteroatoms. The number of carbonyl (C=O) groups is 1. The van der Waals surface area contributed by atoms with Gasteiger partial charge in [-0.25, -0.2) is 13.2 Å². The van der Waals surface area contributed by atoms with E-state index in [2.05, 4.69) is 5.32 Å². The second-order valence-corrected chi connectivity index (χ2v) is 4.14. The van der Waals surface area contributed by atoms with E-state index >= 15 is 0 Å². The number of carbonyl (C=O) groups excluding carboxylic acids is 1. The summed E-state index contributed by atoms with van der Waals surface area (Å²) in [6, 6.07) is 8.33. The Kier molecular flexibility index (Phi) is 3.93. The van der Waals surface area contributed by atoms with Gasteiger partial charge >= 0.3 is 0 Å². The second kappa shape index (κ2) is 5.64. The number of halogens is 3. The van der Waals surface area contributed by atoms with Gasteiger partial charge in [0.1, 0.15) is 0 Å². The highest BCUT2D eigenvalue weighted by Gasteiger charge is 2.13. The highest BCUT2D eigenvalue weighted by Crippen LogP contribution is 2.20. The molecule has 2 aromatic carbocycles. The smallest absolute Gasteiger partial charge is 0.248 e. The van der Waals surface area contributed by atoms with E-state index in [9.17, 15) is 18.0 Å². The highest BCUT2D eigenvalue weighted by molar-refractivity contribution is 5.92. The number of rotatable bonds is 4. The molecule has 104 valence electrons. The first-order chi connectivity index (χ1) is 9.49. The minimum Gasteiger partial charge on any atom is -0.379 e. The lowest BCUT2D eigenvalue weighted by atomic mass is 10.1. The first-order valence-electron chi connectivity index (χ1n) is 5.75. The molecule has 2 aromatic rings. The van der Waals surface area contributed by atoms with Crippen LogP contribution in [0.3, 0.4) is 0 Å². The Morgan fingerprint density at radius 3 is 2.55 bits per heavy atom. The lowest BCUT2D eigenvalue weighted by molar-refractivity contribution is 0.1000. The fourth-order valence-electron chi connectivity index (χ4n) is 1.69. The number of hydrogen-bond donors (Lipinski definition) is 2. The molecule has 0 saturated heterocycles. The third kappa shape index (κ3) is 2.90. The SMILES string of the molecule is NC(=O)c1cccc(CNc2ccc(F)c(F)c2F)c1. The monoisotopic (exact) mass is 280 g/mol.